The Morgan fingerprint density at radius 2 is 1.92 bits per heavy atom. The minimum Gasteiger partial charge on any atom is -0.501 e. The lowest BCUT2D eigenvalue weighted by atomic mass is 9.96. The van der Waals surface area contributed by atoms with Crippen molar-refractivity contribution in [2.24, 2.45) is 0 Å². The molecule has 0 fully saturated rings. The standard InChI is InChI=1S/C16H16F3NO5/c1-3-5-14(21)12(9-25-4-2)15(22)11-7-6-10(16(17,18)19)8-13(11)20(23)24/h6-9H,3-5H2,1-2H3. The molecule has 0 radical (unpaired) electrons. The van der Waals surface area contributed by atoms with Gasteiger partial charge in [0.1, 0.15) is 11.1 Å². The first-order chi connectivity index (χ1) is 11.6. The van der Waals surface area contributed by atoms with E-state index in [9.17, 15) is 32.9 Å². The number of ether oxygens (including phenoxy) is 1. The topological polar surface area (TPSA) is 86.5 Å². The summed E-state index contributed by atoms with van der Waals surface area (Å²) in [5.41, 5.74) is -3.32. The van der Waals surface area contributed by atoms with Crippen LogP contribution >= 0.6 is 0 Å². The fraction of sp³-hybridized carbons (Fsp3) is 0.375. The van der Waals surface area contributed by atoms with Gasteiger partial charge in [0.15, 0.2) is 5.78 Å². The Labute approximate surface area is 141 Å². The van der Waals surface area contributed by atoms with Gasteiger partial charge >= 0.3 is 6.18 Å². The Hall–Kier alpha value is -2.71. The van der Waals surface area contributed by atoms with E-state index in [1.807, 2.05) is 0 Å². The lowest BCUT2D eigenvalue weighted by Crippen LogP contribution is -2.16. The van der Waals surface area contributed by atoms with Gasteiger partial charge in [0.2, 0.25) is 5.78 Å². The summed E-state index contributed by atoms with van der Waals surface area (Å²) in [6.45, 7) is 3.44. The fourth-order valence-corrected chi connectivity index (χ4v) is 1.97. The second kappa shape index (κ2) is 8.41. The van der Waals surface area contributed by atoms with Crippen molar-refractivity contribution in [2.45, 2.75) is 32.9 Å². The molecule has 0 heterocycles. The van der Waals surface area contributed by atoms with E-state index in [-0.39, 0.29) is 19.1 Å². The molecule has 0 atom stereocenters. The zero-order valence-corrected chi connectivity index (χ0v) is 13.6. The molecule has 0 aliphatic rings. The van der Waals surface area contributed by atoms with Crippen LogP contribution in [0.5, 0.6) is 0 Å². The Balaban J connectivity index is 3.43. The van der Waals surface area contributed by atoms with E-state index < -0.39 is 45.1 Å². The highest BCUT2D eigenvalue weighted by molar-refractivity contribution is 6.27. The molecule has 25 heavy (non-hydrogen) atoms. The third kappa shape index (κ3) is 5.13. The highest BCUT2D eigenvalue weighted by Gasteiger charge is 2.35. The highest BCUT2D eigenvalue weighted by atomic mass is 19.4. The molecule has 9 heteroatoms. The maximum Gasteiger partial charge on any atom is 0.416 e. The van der Waals surface area contributed by atoms with Gasteiger partial charge in [-0.2, -0.15) is 13.2 Å². The summed E-state index contributed by atoms with van der Waals surface area (Å²) in [7, 11) is 0. The SMILES string of the molecule is CCCC(=O)C(=COCC)C(=O)c1ccc(C(F)(F)F)cc1[N+](=O)[O-]. The molecule has 1 aromatic rings. The van der Waals surface area contributed by atoms with Crippen molar-refractivity contribution in [1.82, 2.24) is 0 Å². The highest BCUT2D eigenvalue weighted by Crippen LogP contribution is 2.33. The van der Waals surface area contributed by atoms with E-state index in [1.54, 1.807) is 13.8 Å². The van der Waals surface area contributed by atoms with E-state index in [2.05, 4.69) is 0 Å². The number of allylic oxidation sites excluding steroid dienone is 1. The average molecular weight is 359 g/mol. The van der Waals surface area contributed by atoms with Gasteiger partial charge in [0.05, 0.1) is 23.4 Å². The largest absolute Gasteiger partial charge is 0.501 e. The summed E-state index contributed by atoms with van der Waals surface area (Å²) >= 11 is 0. The third-order valence-electron chi connectivity index (χ3n) is 3.16. The van der Waals surface area contributed by atoms with Crippen molar-refractivity contribution in [3.05, 3.63) is 51.3 Å². The van der Waals surface area contributed by atoms with Crippen molar-refractivity contribution in [1.29, 1.82) is 0 Å². The Morgan fingerprint density at radius 1 is 1.28 bits per heavy atom. The van der Waals surface area contributed by atoms with Crippen LogP contribution in [0.2, 0.25) is 0 Å². The number of Topliss-reactive ketones (excluding diaryl/α,β-unsaturated/α-hetero) is 2. The number of benzene rings is 1. The Kier molecular flexibility index (Phi) is 6.84. The van der Waals surface area contributed by atoms with E-state index in [1.165, 1.54) is 0 Å². The molecule has 136 valence electrons. The summed E-state index contributed by atoms with van der Waals surface area (Å²) in [6.07, 6.45) is -3.49. The molecule has 0 amide bonds. The predicted octanol–water partition coefficient (Wildman–Crippen LogP) is 4.09. The minimum absolute atomic E-state index is 0.000913. The predicted molar refractivity (Wildman–Crippen MR) is 82.1 cm³/mol. The number of halogens is 3. The van der Waals surface area contributed by atoms with E-state index >= 15 is 0 Å². The smallest absolute Gasteiger partial charge is 0.416 e. The van der Waals surface area contributed by atoms with Crippen molar-refractivity contribution in [2.75, 3.05) is 6.61 Å². The van der Waals surface area contributed by atoms with Gasteiger partial charge in [0, 0.05) is 12.5 Å². The number of ketones is 2. The molecular weight excluding hydrogens is 343 g/mol. The Morgan fingerprint density at radius 3 is 2.40 bits per heavy atom. The second-order valence-corrected chi connectivity index (χ2v) is 4.98. The number of rotatable bonds is 8. The summed E-state index contributed by atoms with van der Waals surface area (Å²) in [5.74, 6) is -1.65. The number of carbonyl (C=O) groups is 2. The maximum absolute atomic E-state index is 12.7. The quantitative estimate of drug-likeness (QED) is 0.133. The molecular formula is C16H16F3NO5. The molecule has 0 aliphatic heterocycles. The van der Waals surface area contributed by atoms with Crippen LogP contribution in [-0.4, -0.2) is 23.1 Å². The van der Waals surface area contributed by atoms with Crippen LogP contribution in [0.1, 0.15) is 42.6 Å². The number of alkyl halides is 3. The monoisotopic (exact) mass is 359 g/mol. The van der Waals surface area contributed by atoms with Crippen molar-refractivity contribution in [3.8, 4) is 0 Å². The van der Waals surface area contributed by atoms with Gasteiger partial charge in [-0.15, -0.1) is 0 Å². The van der Waals surface area contributed by atoms with Crippen LogP contribution in [0.4, 0.5) is 18.9 Å². The van der Waals surface area contributed by atoms with Crippen molar-refractivity contribution in [3.63, 3.8) is 0 Å². The summed E-state index contributed by atoms with van der Waals surface area (Å²) < 4.78 is 43.1. The maximum atomic E-state index is 12.7. The van der Waals surface area contributed by atoms with Crippen LogP contribution in [0.3, 0.4) is 0 Å². The molecule has 0 N–H and O–H groups in total. The normalized spacial score (nSPS) is 12.0. The molecule has 0 aromatic heterocycles. The van der Waals surface area contributed by atoms with E-state index in [0.717, 1.165) is 6.26 Å². The number of hydrogen-bond donors (Lipinski definition) is 0. The summed E-state index contributed by atoms with van der Waals surface area (Å²) in [6, 6.07) is 1.53. The van der Waals surface area contributed by atoms with Crippen molar-refractivity contribution >= 4 is 17.3 Å². The van der Waals surface area contributed by atoms with Crippen LogP contribution in [-0.2, 0) is 15.7 Å². The molecule has 0 spiro atoms. The lowest BCUT2D eigenvalue weighted by Gasteiger charge is -2.10. The number of nitrogens with zero attached hydrogens (tertiary/aromatic N) is 1. The third-order valence-corrected chi connectivity index (χ3v) is 3.16. The molecule has 1 aromatic carbocycles. The molecule has 0 bridgehead atoms. The number of nitro groups is 1. The molecule has 1 rings (SSSR count). The number of nitro benzene ring substituents is 1. The molecule has 0 saturated heterocycles. The van der Waals surface area contributed by atoms with E-state index in [4.69, 9.17) is 4.74 Å². The van der Waals surface area contributed by atoms with Gasteiger partial charge in [-0.1, -0.05) is 6.92 Å². The van der Waals surface area contributed by atoms with Crippen LogP contribution in [0.25, 0.3) is 0 Å². The first-order valence-electron chi connectivity index (χ1n) is 7.38. The second-order valence-electron chi connectivity index (χ2n) is 4.98. The van der Waals surface area contributed by atoms with Crippen LogP contribution < -0.4 is 0 Å². The van der Waals surface area contributed by atoms with Gasteiger partial charge in [-0.3, -0.25) is 19.7 Å². The van der Waals surface area contributed by atoms with Gasteiger partial charge in [-0.25, -0.2) is 0 Å². The first kappa shape index (κ1) is 20.3. The molecule has 6 nitrogen and oxygen atoms in total. The molecule has 0 saturated carbocycles. The van der Waals surface area contributed by atoms with E-state index in [0.29, 0.717) is 18.6 Å². The Bertz CT molecular complexity index is 710. The zero-order chi connectivity index (χ0) is 19.2. The van der Waals surface area contributed by atoms with Gasteiger partial charge in [-0.05, 0) is 25.5 Å². The average Bonchev–Trinajstić information content (AvgIpc) is 2.53. The molecule has 0 aliphatic carbocycles. The summed E-state index contributed by atoms with van der Waals surface area (Å²) in [4.78, 5) is 34.5. The van der Waals surface area contributed by atoms with Gasteiger partial charge < -0.3 is 4.74 Å². The lowest BCUT2D eigenvalue weighted by molar-refractivity contribution is -0.385. The number of hydrogen-bond acceptors (Lipinski definition) is 5. The zero-order valence-electron chi connectivity index (χ0n) is 13.6. The molecule has 0 unspecified atom stereocenters. The van der Waals surface area contributed by atoms with Gasteiger partial charge in [0.25, 0.3) is 5.69 Å². The fourth-order valence-electron chi connectivity index (χ4n) is 1.97. The number of carbonyl (C=O) groups excluding carboxylic acids is 2. The van der Waals surface area contributed by atoms with Crippen LogP contribution in [0, 0.1) is 10.1 Å². The van der Waals surface area contributed by atoms with Crippen molar-refractivity contribution < 1.29 is 32.4 Å². The summed E-state index contributed by atoms with van der Waals surface area (Å²) in [5, 5.41) is 11.1. The minimum atomic E-state index is -4.80. The first-order valence-corrected chi connectivity index (χ1v) is 7.38. The van der Waals surface area contributed by atoms with Crippen LogP contribution in [0.15, 0.2) is 30.0 Å².